The van der Waals surface area contributed by atoms with Crippen LogP contribution in [0.5, 0.6) is 0 Å². The van der Waals surface area contributed by atoms with E-state index in [0.717, 1.165) is 31.5 Å². The van der Waals surface area contributed by atoms with Crippen molar-refractivity contribution >= 4 is 5.82 Å². The van der Waals surface area contributed by atoms with Gasteiger partial charge in [-0.15, -0.1) is 0 Å². The van der Waals surface area contributed by atoms with E-state index in [4.69, 9.17) is 5.26 Å². The number of unbranched alkanes of at least 4 members (excludes halogenated alkanes) is 1. The first kappa shape index (κ1) is 14.0. The standard InChI is InChI=1S/C16H18N4/c1-13-7-8-15(11-17)16(20-13)19-10-3-2-5-14-6-4-9-18-12-14/h4,6-9,12H,2-3,5,10H2,1H3,(H,19,20). The first-order valence-electron chi connectivity index (χ1n) is 6.80. The van der Waals surface area contributed by atoms with Gasteiger partial charge < -0.3 is 5.32 Å². The molecule has 20 heavy (non-hydrogen) atoms. The van der Waals surface area contributed by atoms with Crippen LogP contribution in [-0.2, 0) is 6.42 Å². The van der Waals surface area contributed by atoms with Gasteiger partial charge in [0.15, 0.2) is 0 Å². The number of rotatable bonds is 6. The van der Waals surface area contributed by atoms with Crippen molar-refractivity contribution in [2.75, 3.05) is 11.9 Å². The Hall–Kier alpha value is -2.41. The summed E-state index contributed by atoms with van der Waals surface area (Å²) in [4.78, 5) is 8.46. The second-order valence-electron chi connectivity index (χ2n) is 4.71. The molecule has 1 N–H and O–H groups in total. The summed E-state index contributed by atoms with van der Waals surface area (Å²) >= 11 is 0. The third-order valence-electron chi connectivity index (χ3n) is 3.06. The molecule has 0 aromatic carbocycles. The highest BCUT2D eigenvalue weighted by Crippen LogP contribution is 2.12. The van der Waals surface area contributed by atoms with E-state index in [2.05, 4.69) is 27.4 Å². The highest BCUT2D eigenvalue weighted by molar-refractivity contribution is 5.52. The molecule has 4 heteroatoms. The summed E-state index contributed by atoms with van der Waals surface area (Å²) in [5.41, 5.74) is 2.78. The number of hydrogen-bond donors (Lipinski definition) is 1. The van der Waals surface area contributed by atoms with Gasteiger partial charge in [0.25, 0.3) is 0 Å². The van der Waals surface area contributed by atoms with Crippen molar-refractivity contribution in [2.45, 2.75) is 26.2 Å². The van der Waals surface area contributed by atoms with E-state index in [-0.39, 0.29) is 0 Å². The average molecular weight is 266 g/mol. The lowest BCUT2D eigenvalue weighted by Gasteiger charge is -2.08. The molecule has 0 aliphatic heterocycles. The van der Waals surface area contributed by atoms with Crippen LogP contribution >= 0.6 is 0 Å². The minimum Gasteiger partial charge on any atom is -0.369 e. The molecule has 0 fully saturated rings. The SMILES string of the molecule is Cc1ccc(C#N)c(NCCCCc2cccnc2)n1. The van der Waals surface area contributed by atoms with Crippen LogP contribution in [0.2, 0.25) is 0 Å². The van der Waals surface area contributed by atoms with Gasteiger partial charge >= 0.3 is 0 Å². The van der Waals surface area contributed by atoms with Crippen molar-refractivity contribution < 1.29 is 0 Å². The summed E-state index contributed by atoms with van der Waals surface area (Å²) in [7, 11) is 0. The molecule has 102 valence electrons. The van der Waals surface area contributed by atoms with Crippen molar-refractivity contribution in [1.29, 1.82) is 5.26 Å². The summed E-state index contributed by atoms with van der Waals surface area (Å²) in [6.07, 6.45) is 6.85. The molecule has 2 rings (SSSR count). The summed E-state index contributed by atoms with van der Waals surface area (Å²) in [6, 6.07) is 9.87. The van der Waals surface area contributed by atoms with Gasteiger partial charge in [0.2, 0.25) is 0 Å². The summed E-state index contributed by atoms with van der Waals surface area (Å²) in [5.74, 6) is 0.689. The Bertz CT molecular complexity index is 587. The van der Waals surface area contributed by atoms with Crippen LogP contribution in [-0.4, -0.2) is 16.5 Å². The molecule has 2 heterocycles. The molecule has 0 saturated carbocycles. The number of nitriles is 1. The van der Waals surface area contributed by atoms with E-state index < -0.39 is 0 Å². The average Bonchev–Trinajstić information content (AvgIpc) is 2.48. The minimum atomic E-state index is 0.600. The molecular formula is C16H18N4. The van der Waals surface area contributed by atoms with E-state index in [1.54, 1.807) is 12.3 Å². The van der Waals surface area contributed by atoms with E-state index in [9.17, 15) is 0 Å². The van der Waals surface area contributed by atoms with Crippen molar-refractivity contribution in [3.8, 4) is 6.07 Å². The molecule has 0 saturated heterocycles. The molecule has 0 amide bonds. The van der Waals surface area contributed by atoms with Crippen molar-refractivity contribution in [2.24, 2.45) is 0 Å². The van der Waals surface area contributed by atoms with Crippen molar-refractivity contribution in [3.63, 3.8) is 0 Å². The van der Waals surface area contributed by atoms with Crippen molar-refractivity contribution in [1.82, 2.24) is 9.97 Å². The normalized spacial score (nSPS) is 10.0. The molecule has 0 aliphatic carbocycles. The van der Waals surface area contributed by atoms with Gasteiger partial charge in [0.05, 0.1) is 5.56 Å². The van der Waals surface area contributed by atoms with Crippen LogP contribution in [0.3, 0.4) is 0 Å². The third kappa shape index (κ3) is 4.06. The van der Waals surface area contributed by atoms with Gasteiger partial charge in [-0.1, -0.05) is 6.07 Å². The Morgan fingerprint density at radius 2 is 2.15 bits per heavy atom. The summed E-state index contributed by atoms with van der Waals surface area (Å²) in [5, 5.41) is 12.3. The van der Waals surface area contributed by atoms with E-state index in [1.807, 2.05) is 25.3 Å². The molecule has 0 aliphatic rings. The van der Waals surface area contributed by atoms with Gasteiger partial charge in [0, 0.05) is 24.6 Å². The monoisotopic (exact) mass is 266 g/mol. The molecule has 2 aromatic rings. The van der Waals surface area contributed by atoms with Crippen LogP contribution in [0.15, 0.2) is 36.7 Å². The molecule has 0 unspecified atom stereocenters. The van der Waals surface area contributed by atoms with Gasteiger partial charge in [-0.3, -0.25) is 4.98 Å². The van der Waals surface area contributed by atoms with Gasteiger partial charge in [-0.05, 0) is 49.9 Å². The number of pyridine rings is 2. The van der Waals surface area contributed by atoms with Crippen LogP contribution < -0.4 is 5.32 Å². The van der Waals surface area contributed by atoms with Crippen LogP contribution in [0.25, 0.3) is 0 Å². The van der Waals surface area contributed by atoms with Crippen LogP contribution in [0, 0.1) is 18.3 Å². The third-order valence-corrected chi connectivity index (χ3v) is 3.06. The van der Waals surface area contributed by atoms with Gasteiger partial charge in [-0.25, -0.2) is 4.98 Å². The maximum atomic E-state index is 9.02. The molecule has 0 atom stereocenters. The largest absolute Gasteiger partial charge is 0.369 e. The van der Waals surface area contributed by atoms with Gasteiger partial charge in [-0.2, -0.15) is 5.26 Å². The Labute approximate surface area is 119 Å². The number of hydrogen-bond acceptors (Lipinski definition) is 4. The lowest BCUT2D eigenvalue weighted by atomic mass is 10.1. The Kier molecular flexibility index (Phi) is 5.08. The zero-order valence-corrected chi connectivity index (χ0v) is 11.6. The van der Waals surface area contributed by atoms with E-state index in [0.29, 0.717) is 11.4 Å². The van der Waals surface area contributed by atoms with E-state index >= 15 is 0 Å². The highest BCUT2D eigenvalue weighted by Gasteiger charge is 2.02. The lowest BCUT2D eigenvalue weighted by Crippen LogP contribution is -2.06. The number of nitrogens with zero attached hydrogens (tertiary/aromatic N) is 3. The zero-order chi connectivity index (χ0) is 14.2. The first-order valence-corrected chi connectivity index (χ1v) is 6.80. The Balaban J connectivity index is 1.76. The molecule has 4 nitrogen and oxygen atoms in total. The highest BCUT2D eigenvalue weighted by atomic mass is 15.0. The Morgan fingerprint density at radius 3 is 2.90 bits per heavy atom. The second kappa shape index (κ2) is 7.25. The fraction of sp³-hybridized carbons (Fsp3) is 0.312. The maximum absolute atomic E-state index is 9.02. The maximum Gasteiger partial charge on any atom is 0.144 e. The molecule has 2 aromatic heterocycles. The predicted molar refractivity (Wildman–Crippen MR) is 79.4 cm³/mol. The lowest BCUT2D eigenvalue weighted by molar-refractivity contribution is 0.759. The second-order valence-corrected chi connectivity index (χ2v) is 4.71. The fourth-order valence-electron chi connectivity index (χ4n) is 1.99. The fourth-order valence-corrected chi connectivity index (χ4v) is 1.99. The summed E-state index contributed by atoms with van der Waals surface area (Å²) in [6.45, 7) is 2.75. The molecule has 0 bridgehead atoms. The molecule has 0 radical (unpaired) electrons. The smallest absolute Gasteiger partial charge is 0.144 e. The zero-order valence-electron chi connectivity index (χ0n) is 11.6. The van der Waals surface area contributed by atoms with Crippen LogP contribution in [0.1, 0.15) is 29.7 Å². The quantitative estimate of drug-likeness (QED) is 0.816. The minimum absolute atomic E-state index is 0.600. The number of aromatic nitrogens is 2. The predicted octanol–water partition coefficient (Wildman–Crippen LogP) is 3.09. The molecular weight excluding hydrogens is 248 g/mol. The number of anilines is 1. The van der Waals surface area contributed by atoms with Crippen molar-refractivity contribution in [3.05, 3.63) is 53.5 Å². The Morgan fingerprint density at radius 1 is 1.25 bits per heavy atom. The van der Waals surface area contributed by atoms with Gasteiger partial charge in [0.1, 0.15) is 11.9 Å². The van der Waals surface area contributed by atoms with E-state index in [1.165, 1.54) is 5.56 Å². The number of nitrogens with one attached hydrogen (secondary N) is 1. The first-order chi connectivity index (χ1) is 9.79. The molecule has 0 spiro atoms. The topological polar surface area (TPSA) is 61.6 Å². The number of aryl methyl sites for hydroxylation is 2. The van der Waals surface area contributed by atoms with Crippen LogP contribution in [0.4, 0.5) is 5.82 Å². The summed E-state index contributed by atoms with van der Waals surface area (Å²) < 4.78 is 0.